The number of carbonyl (C=O) groups excluding carboxylic acids is 1. The Bertz CT molecular complexity index is 1700. The Morgan fingerprint density at radius 3 is 2.49 bits per heavy atom. The van der Waals surface area contributed by atoms with Gasteiger partial charge in [0.25, 0.3) is 5.91 Å². The van der Waals surface area contributed by atoms with E-state index in [1.54, 1.807) is 36.7 Å². The molecule has 0 atom stereocenters. The van der Waals surface area contributed by atoms with E-state index >= 15 is 0 Å². The number of sulfonamides is 1. The molecule has 9 nitrogen and oxygen atoms in total. The molecular formula is C27H24N6O3S. The number of carbonyl (C=O) groups is 1. The number of benzene rings is 2. The van der Waals surface area contributed by atoms with Crippen molar-refractivity contribution in [1.82, 2.24) is 19.9 Å². The number of anilines is 2. The summed E-state index contributed by atoms with van der Waals surface area (Å²) < 4.78 is 25.1. The predicted octanol–water partition coefficient (Wildman–Crippen LogP) is 4.54. The normalized spacial score (nSPS) is 11.4. The summed E-state index contributed by atoms with van der Waals surface area (Å²) in [5, 5.41) is 2.89. The lowest BCUT2D eigenvalue weighted by Crippen LogP contribution is -2.13. The summed E-state index contributed by atoms with van der Waals surface area (Å²) in [6.07, 6.45) is 6.96. The second-order valence-electron chi connectivity index (χ2n) is 8.69. The molecule has 0 radical (unpaired) electrons. The average Bonchev–Trinajstić information content (AvgIpc) is 3.34. The summed E-state index contributed by atoms with van der Waals surface area (Å²) in [6.45, 7) is 1.98. The van der Waals surface area contributed by atoms with Gasteiger partial charge in [0.15, 0.2) is 0 Å². The highest BCUT2D eigenvalue weighted by atomic mass is 32.2. The Morgan fingerprint density at radius 1 is 1.00 bits per heavy atom. The zero-order valence-corrected chi connectivity index (χ0v) is 21.0. The van der Waals surface area contributed by atoms with E-state index in [2.05, 4.69) is 20.0 Å². The monoisotopic (exact) mass is 512 g/mol. The van der Waals surface area contributed by atoms with Crippen molar-refractivity contribution in [2.24, 2.45) is 0 Å². The van der Waals surface area contributed by atoms with Crippen molar-refractivity contribution < 1.29 is 13.2 Å². The Hall–Kier alpha value is -4.57. The number of hydrogen-bond acceptors (Lipinski definition) is 6. The third-order valence-corrected chi connectivity index (χ3v) is 6.39. The molecule has 2 aromatic carbocycles. The Kier molecular flexibility index (Phi) is 6.41. The van der Waals surface area contributed by atoms with Crippen LogP contribution in [0.4, 0.5) is 11.4 Å². The number of fused-ring (bicyclic) bond motifs is 1. The van der Waals surface area contributed by atoms with Crippen molar-refractivity contribution >= 4 is 38.3 Å². The van der Waals surface area contributed by atoms with Crippen LogP contribution in [-0.4, -0.2) is 40.5 Å². The van der Waals surface area contributed by atoms with Gasteiger partial charge in [0.05, 0.1) is 23.0 Å². The lowest BCUT2D eigenvalue weighted by molar-refractivity contribution is 0.102. The summed E-state index contributed by atoms with van der Waals surface area (Å²) in [5.41, 5.74) is 6.92. The van der Waals surface area contributed by atoms with Crippen LogP contribution in [0.25, 0.3) is 22.3 Å². The maximum atomic E-state index is 12.7. The molecule has 0 saturated heterocycles. The molecule has 0 fully saturated rings. The zero-order valence-electron chi connectivity index (χ0n) is 20.2. The first-order valence-corrected chi connectivity index (χ1v) is 13.4. The molecule has 0 aliphatic rings. The van der Waals surface area contributed by atoms with E-state index in [9.17, 15) is 13.2 Å². The summed E-state index contributed by atoms with van der Waals surface area (Å²) >= 11 is 0. The van der Waals surface area contributed by atoms with Crippen LogP contribution in [-0.2, 0) is 16.4 Å². The molecule has 5 aromatic rings. The topological polar surface area (TPSA) is 130 Å². The smallest absolute Gasteiger partial charge is 0.255 e. The van der Waals surface area contributed by atoms with E-state index in [-0.39, 0.29) is 5.91 Å². The van der Waals surface area contributed by atoms with Gasteiger partial charge in [-0.1, -0.05) is 6.07 Å². The largest absolute Gasteiger partial charge is 0.358 e. The van der Waals surface area contributed by atoms with Crippen molar-refractivity contribution in [1.29, 1.82) is 0 Å². The number of nitrogens with one attached hydrogen (secondary N) is 3. The SMILES string of the molecule is Cc1cc(NC(=O)c2ccc(NS(C)(=O)=O)cc2)ccc1Cc1nc(-c2cccnc2)c2[nH]ccc2n1. The molecule has 3 heterocycles. The first-order chi connectivity index (χ1) is 17.7. The number of amides is 1. The highest BCUT2D eigenvalue weighted by Gasteiger charge is 2.13. The van der Waals surface area contributed by atoms with Crippen LogP contribution < -0.4 is 10.0 Å². The summed E-state index contributed by atoms with van der Waals surface area (Å²) in [4.78, 5) is 29.7. The molecule has 186 valence electrons. The predicted molar refractivity (Wildman–Crippen MR) is 144 cm³/mol. The summed E-state index contributed by atoms with van der Waals surface area (Å²) in [6, 6.07) is 17.7. The fraction of sp³-hybridized carbons (Fsp3) is 0.111. The van der Waals surface area contributed by atoms with Gasteiger partial charge in [-0.25, -0.2) is 18.4 Å². The molecule has 0 unspecified atom stereocenters. The van der Waals surface area contributed by atoms with E-state index in [4.69, 9.17) is 9.97 Å². The van der Waals surface area contributed by atoms with Gasteiger partial charge in [-0.15, -0.1) is 0 Å². The number of aromatic amines is 1. The van der Waals surface area contributed by atoms with E-state index < -0.39 is 10.0 Å². The molecular weight excluding hydrogens is 488 g/mol. The number of nitrogens with zero attached hydrogens (tertiary/aromatic N) is 3. The van der Waals surface area contributed by atoms with Gasteiger partial charge >= 0.3 is 0 Å². The minimum Gasteiger partial charge on any atom is -0.358 e. The van der Waals surface area contributed by atoms with Gasteiger partial charge in [-0.05, 0) is 72.6 Å². The minimum absolute atomic E-state index is 0.291. The van der Waals surface area contributed by atoms with Gasteiger partial charge < -0.3 is 10.3 Å². The first-order valence-electron chi connectivity index (χ1n) is 11.5. The molecule has 1 amide bonds. The highest BCUT2D eigenvalue weighted by molar-refractivity contribution is 7.92. The van der Waals surface area contributed by atoms with Crippen molar-refractivity contribution in [2.75, 3.05) is 16.3 Å². The van der Waals surface area contributed by atoms with Crippen molar-refractivity contribution in [2.45, 2.75) is 13.3 Å². The van der Waals surface area contributed by atoms with E-state index in [0.29, 0.717) is 29.2 Å². The number of H-pyrrole nitrogens is 1. The van der Waals surface area contributed by atoms with Crippen molar-refractivity contribution in [3.05, 3.63) is 102 Å². The fourth-order valence-electron chi connectivity index (χ4n) is 4.03. The Labute approximate surface area is 214 Å². The van der Waals surface area contributed by atoms with Crippen LogP contribution in [0.3, 0.4) is 0 Å². The molecule has 3 N–H and O–H groups in total. The Morgan fingerprint density at radius 2 is 1.78 bits per heavy atom. The lowest BCUT2D eigenvalue weighted by Gasteiger charge is -2.11. The first kappa shape index (κ1) is 24.1. The molecule has 37 heavy (non-hydrogen) atoms. The third-order valence-electron chi connectivity index (χ3n) is 5.79. The van der Waals surface area contributed by atoms with E-state index in [0.717, 1.165) is 39.7 Å². The van der Waals surface area contributed by atoms with Crippen molar-refractivity contribution in [3.8, 4) is 11.3 Å². The average molecular weight is 513 g/mol. The van der Waals surface area contributed by atoms with Crippen LogP contribution >= 0.6 is 0 Å². The molecule has 10 heteroatoms. The maximum absolute atomic E-state index is 12.7. The van der Waals surface area contributed by atoms with Gasteiger partial charge in [0, 0.05) is 47.5 Å². The fourth-order valence-corrected chi connectivity index (χ4v) is 4.60. The van der Waals surface area contributed by atoms with E-state index in [1.165, 1.54) is 0 Å². The second kappa shape index (κ2) is 9.82. The second-order valence-corrected chi connectivity index (χ2v) is 10.4. The van der Waals surface area contributed by atoms with Crippen LogP contribution in [0.1, 0.15) is 27.3 Å². The zero-order chi connectivity index (χ0) is 26.0. The van der Waals surface area contributed by atoms with Gasteiger partial charge in [0.2, 0.25) is 10.0 Å². The number of hydrogen-bond donors (Lipinski definition) is 3. The van der Waals surface area contributed by atoms with Gasteiger partial charge in [-0.3, -0.25) is 14.5 Å². The van der Waals surface area contributed by atoms with Crippen LogP contribution in [0.5, 0.6) is 0 Å². The van der Waals surface area contributed by atoms with Crippen molar-refractivity contribution in [3.63, 3.8) is 0 Å². The number of pyridine rings is 1. The summed E-state index contributed by atoms with van der Waals surface area (Å²) in [7, 11) is -3.38. The molecule has 0 saturated carbocycles. The van der Waals surface area contributed by atoms with E-state index in [1.807, 2.05) is 49.5 Å². The van der Waals surface area contributed by atoms with Crippen LogP contribution in [0.15, 0.2) is 79.3 Å². The molecule has 0 aliphatic heterocycles. The third kappa shape index (κ3) is 5.65. The number of aryl methyl sites for hydroxylation is 1. The van der Waals surface area contributed by atoms with Crippen LogP contribution in [0, 0.1) is 6.92 Å². The maximum Gasteiger partial charge on any atom is 0.255 e. The molecule has 0 bridgehead atoms. The minimum atomic E-state index is -3.38. The molecule has 3 aromatic heterocycles. The van der Waals surface area contributed by atoms with Gasteiger partial charge in [-0.2, -0.15) is 0 Å². The van der Waals surface area contributed by atoms with Crippen LogP contribution in [0.2, 0.25) is 0 Å². The highest BCUT2D eigenvalue weighted by Crippen LogP contribution is 2.26. The molecule has 5 rings (SSSR count). The van der Waals surface area contributed by atoms with Gasteiger partial charge in [0.1, 0.15) is 5.82 Å². The number of aromatic nitrogens is 4. The quantitative estimate of drug-likeness (QED) is 0.294. The molecule has 0 spiro atoms. The lowest BCUT2D eigenvalue weighted by atomic mass is 10.0. The molecule has 0 aliphatic carbocycles. The standard InChI is InChI=1S/C27H24N6O3S/c1-17-14-22(30-27(34)18-5-8-21(9-6-18)33-37(2,35)36)10-7-19(17)15-24-31-23-11-13-29-26(23)25(32-24)20-4-3-12-28-16-20/h3-14,16,29,33H,15H2,1-2H3,(H,30,34). The Balaban J connectivity index is 1.33. The summed E-state index contributed by atoms with van der Waals surface area (Å²) in [5.74, 6) is 0.397. The number of rotatable bonds is 7.